The predicted molar refractivity (Wildman–Crippen MR) is 111 cm³/mol. The van der Waals surface area contributed by atoms with E-state index in [4.69, 9.17) is 9.47 Å². The number of rotatable bonds is 9. The van der Waals surface area contributed by atoms with Crippen LogP contribution in [0.2, 0.25) is 0 Å². The second-order valence-electron chi connectivity index (χ2n) is 6.48. The lowest BCUT2D eigenvalue weighted by Crippen LogP contribution is -2.10. The van der Waals surface area contributed by atoms with Crippen molar-refractivity contribution in [2.75, 3.05) is 24.3 Å². The number of hydrogen-bond donors (Lipinski definition) is 2. The molecule has 0 spiro atoms. The van der Waals surface area contributed by atoms with Crippen molar-refractivity contribution in [3.63, 3.8) is 0 Å². The number of anilines is 3. The molecule has 1 heterocycles. The second kappa shape index (κ2) is 9.55. The van der Waals surface area contributed by atoms with Crippen molar-refractivity contribution in [3.05, 3.63) is 60.3 Å². The molecule has 2 aromatic carbocycles. The minimum Gasteiger partial charge on any atom is -0.497 e. The summed E-state index contributed by atoms with van der Waals surface area (Å²) in [5, 5.41) is 14.5. The lowest BCUT2D eigenvalue weighted by molar-refractivity contribution is 0.244. The van der Waals surface area contributed by atoms with Gasteiger partial charge in [-0.3, -0.25) is 0 Å². The molecule has 0 atom stereocenters. The van der Waals surface area contributed by atoms with Crippen molar-refractivity contribution in [2.24, 2.45) is 0 Å². The van der Waals surface area contributed by atoms with Gasteiger partial charge in [0.25, 0.3) is 0 Å². The summed E-state index contributed by atoms with van der Waals surface area (Å²) in [5.41, 5.74) is 2.01. The van der Waals surface area contributed by atoms with Crippen LogP contribution in [0.1, 0.15) is 19.4 Å². The zero-order chi connectivity index (χ0) is 19.8. The Balaban J connectivity index is 1.61. The molecule has 3 aromatic rings. The predicted octanol–water partition coefficient (Wildman–Crippen LogP) is 4.07. The second-order valence-corrected chi connectivity index (χ2v) is 6.48. The molecule has 0 fully saturated rings. The maximum atomic E-state index is 5.83. The Morgan fingerprint density at radius 1 is 1.07 bits per heavy atom. The molecule has 1 aromatic heterocycles. The molecule has 0 saturated carbocycles. The van der Waals surface area contributed by atoms with E-state index in [0.29, 0.717) is 18.3 Å². The maximum Gasteiger partial charge on any atom is 0.244 e. The maximum absolute atomic E-state index is 5.83. The Bertz CT molecular complexity index is 901. The van der Waals surface area contributed by atoms with Crippen LogP contribution < -0.4 is 20.1 Å². The van der Waals surface area contributed by atoms with E-state index in [-0.39, 0.29) is 6.10 Å². The number of aromatic nitrogens is 3. The number of nitrogens with one attached hydrogen (secondary N) is 2. The van der Waals surface area contributed by atoms with Gasteiger partial charge in [-0.2, -0.15) is 10.1 Å². The molecule has 0 bridgehead atoms. The molecule has 28 heavy (non-hydrogen) atoms. The first kappa shape index (κ1) is 19.4. The average Bonchev–Trinajstić information content (AvgIpc) is 2.70. The van der Waals surface area contributed by atoms with Crippen LogP contribution in [0.25, 0.3) is 0 Å². The van der Waals surface area contributed by atoms with E-state index in [9.17, 15) is 0 Å². The number of ether oxygens (including phenoxy) is 2. The number of hydrogen-bond acceptors (Lipinski definition) is 7. The topological polar surface area (TPSA) is 81.2 Å². The Kier molecular flexibility index (Phi) is 6.62. The smallest absolute Gasteiger partial charge is 0.244 e. The third kappa shape index (κ3) is 5.57. The van der Waals surface area contributed by atoms with Crippen molar-refractivity contribution in [2.45, 2.75) is 26.4 Å². The molecule has 3 rings (SSSR count). The molecule has 146 valence electrons. The summed E-state index contributed by atoms with van der Waals surface area (Å²) in [7, 11) is 1.67. The fourth-order valence-corrected chi connectivity index (χ4v) is 2.65. The first-order chi connectivity index (χ1) is 13.6. The van der Waals surface area contributed by atoms with Gasteiger partial charge in [-0.1, -0.05) is 24.3 Å². The number of para-hydroxylation sites is 2. The zero-order valence-corrected chi connectivity index (χ0v) is 16.3. The minimum absolute atomic E-state index is 0.0836. The number of benzene rings is 2. The SMILES string of the molecule is COc1cccc(CCNc2nncc(Nc3ccccc3OC(C)C)n2)c1. The third-order valence-corrected chi connectivity index (χ3v) is 3.90. The summed E-state index contributed by atoms with van der Waals surface area (Å²) in [6, 6.07) is 15.7. The monoisotopic (exact) mass is 379 g/mol. The highest BCUT2D eigenvalue weighted by Crippen LogP contribution is 2.27. The van der Waals surface area contributed by atoms with E-state index in [1.807, 2.05) is 56.3 Å². The van der Waals surface area contributed by atoms with Gasteiger partial charge in [0, 0.05) is 6.54 Å². The van der Waals surface area contributed by atoms with E-state index in [1.165, 1.54) is 5.56 Å². The summed E-state index contributed by atoms with van der Waals surface area (Å²) in [4.78, 5) is 4.48. The molecular weight excluding hydrogens is 354 g/mol. The van der Waals surface area contributed by atoms with Crippen LogP contribution in [0.4, 0.5) is 17.5 Å². The van der Waals surface area contributed by atoms with Crippen molar-refractivity contribution < 1.29 is 9.47 Å². The van der Waals surface area contributed by atoms with Crippen molar-refractivity contribution in [1.82, 2.24) is 15.2 Å². The van der Waals surface area contributed by atoms with Gasteiger partial charge in [0.15, 0.2) is 5.82 Å². The van der Waals surface area contributed by atoms with Crippen LogP contribution in [-0.4, -0.2) is 34.9 Å². The third-order valence-electron chi connectivity index (χ3n) is 3.90. The van der Waals surface area contributed by atoms with E-state index in [2.05, 4.69) is 31.9 Å². The highest BCUT2D eigenvalue weighted by atomic mass is 16.5. The highest BCUT2D eigenvalue weighted by molar-refractivity contribution is 5.64. The summed E-state index contributed by atoms with van der Waals surface area (Å²) in [6.45, 7) is 4.67. The minimum atomic E-state index is 0.0836. The molecule has 7 nitrogen and oxygen atoms in total. The van der Waals surface area contributed by atoms with E-state index >= 15 is 0 Å². The van der Waals surface area contributed by atoms with Crippen LogP contribution in [0, 0.1) is 0 Å². The van der Waals surface area contributed by atoms with Gasteiger partial charge in [0.05, 0.1) is 25.1 Å². The van der Waals surface area contributed by atoms with Gasteiger partial charge >= 0.3 is 0 Å². The first-order valence-electron chi connectivity index (χ1n) is 9.23. The molecule has 0 amide bonds. The van der Waals surface area contributed by atoms with E-state index < -0.39 is 0 Å². The van der Waals surface area contributed by atoms with Gasteiger partial charge in [-0.25, -0.2) is 0 Å². The van der Waals surface area contributed by atoms with Crippen LogP contribution in [0.5, 0.6) is 11.5 Å². The standard InChI is InChI=1S/C21H25N5O2/c1-15(2)28-19-10-5-4-9-18(19)24-20-14-23-26-21(25-20)22-12-11-16-7-6-8-17(13-16)27-3/h4-10,13-15H,11-12H2,1-3H3,(H2,22,24,25,26). The van der Waals surface area contributed by atoms with Gasteiger partial charge in [0.2, 0.25) is 5.95 Å². The van der Waals surface area contributed by atoms with Crippen LogP contribution in [0.15, 0.2) is 54.7 Å². The zero-order valence-electron chi connectivity index (χ0n) is 16.3. The van der Waals surface area contributed by atoms with Crippen LogP contribution in [0.3, 0.4) is 0 Å². The largest absolute Gasteiger partial charge is 0.497 e. The molecule has 7 heteroatoms. The average molecular weight is 379 g/mol. The quantitative estimate of drug-likeness (QED) is 0.580. The van der Waals surface area contributed by atoms with Crippen LogP contribution in [-0.2, 0) is 6.42 Å². The lowest BCUT2D eigenvalue weighted by Gasteiger charge is -2.15. The number of methoxy groups -OCH3 is 1. The molecule has 0 radical (unpaired) electrons. The molecule has 0 aliphatic rings. The Morgan fingerprint density at radius 2 is 1.93 bits per heavy atom. The van der Waals surface area contributed by atoms with Gasteiger partial charge < -0.3 is 20.1 Å². The molecule has 0 saturated heterocycles. The Morgan fingerprint density at radius 3 is 2.75 bits per heavy atom. The summed E-state index contributed by atoms with van der Waals surface area (Å²) in [5.74, 6) is 2.68. The summed E-state index contributed by atoms with van der Waals surface area (Å²) < 4.78 is 11.1. The molecule has 2 N–H and O–H groups in total. The first-order valence-corrected chi connectivity index (χ1v) is 9.23. The van der Waals surface area contributed by atoms with Crippen molar-refractivity contribution in [1.29, 1.82) is 0 Å². The molecule has 0 aliphatic heterocycles. The summed E-state index contributed by atoms with van der Waals surface area (Å²) >= 11 is 0. The summed E-state index contributed by atoms with van der Waals surface area (Å²) in [6.07, 6.45) is 2.49. The fraction of sp³-hybridized carbons (Fsp3) is 0.286. The molecule has 0 aliphatic carbocycles. The Labute approximate surface area is 165 Å². The Hall–Kier alpha value is -3.35. The fourth-order valence-electron chi connectivity index (χ4n) is 2.65. The number of nitrogens with zero attached hydrogens (tertiary/aromatic N) is 3. The molecular formula is C21H25N5O2. The lowest BCUT2D eigenvalue weighted by atomic mass is 10.1. The van der Waals surface area contributed by atoms with E-state index in [0.717, 1.165) is 23.6 Å². The molecule has 0 unspecified atom stereocenters. The van der Waals surface area contributed by atoms with Crippen LogP contribution >= 0.6 is 0 Å². The normalized spacial score (nSPS) is 10.6. The van der Waals surface area contributed by atoms with Crippen molar-refractivity contribution >= 4 is 17.5 Å². The van der Waals surface area contributed by atoms with Gasteiger partial charge in [0.1, 0.15) is 11.5 Å². The van der Waals surface area contributed by atoms with Crippen molar-refractivity contribution in [3.8, 4) is 11.5 Å². The van der Waals surface area contributed by atoms with E-state index in [1.54, 1.807) is 13.3 Å². The van der Waals surface area contributed by atoms with Gasteiger partial charge in [-0.15, -0.1) is 5.10 Å². The van der Waals surface area contributed by atoms with Gasteiger partial charge in [-0.05, 0) is 50.1 Å². The highest BCUT2D eigenvalue weighted by Gasteiger charge is 2.07.